The van der Waals surface area contributed by atoms with Crippen LogP contribution < -0.4 is 10.6 Å². The summed E-state index contributed by atoms with van der Waals surface area (Å²) in [6.45, 7) is 2.10. The van der Waals surface area contributed by atoms with E-state index in [4.69, 9.17) is 11.6 Å². The Morgan fingerprint density at radius 2 is 2.11 bits per heavy atom. The second-order valence-electron chi connectivity index (χ2n) is 10.6. The first-order valence-electron chi connectivity index (χ1n) is 12.6. The van der Waals surface area contributed by atoms with Gasteiger partial charge in [-0.05, 0) is 55.7 Å². The third-order valence-corrected chi connectivity index (χ3v) is 8.50. The van der Waals surface area contributed by atoms with E-state index in [1.807, 2.05) is 6.07 Å². The van der Waals surface area contributed by atoms with Crippen LogP contribution in [0, 0.1) is 41.8 Å². The van der Waals surface area contributed by atoms with Crippen LogP contribution in [0.5, 0.6) is 0 Å². The molecule has 3 amide bonds. The van der Waals surface area contributed by atoms with Gasteiger partial charge in [0, 0.05) is 37.2 Å². The lowest BCUT2D eigenvalue weighted by molar-refractivity contribution is -0.129. The van der Waals surface area contributed by atoms with Crippen LogP contribution in [0.15, 0.2) is 12.1 Å². The van der Waals surface area contributed by atoms with Crippen LogP contribution >= 0.6 is 11.6 Å². The van der Waals surface area contributed by atoms with Gasteiger partial charge in [-0.1, -0.05) is 11.6 Å². The summed E-state index contributed by atoms with van der Waals surface area (Å²) in [7, 11) is 0. The van der Waals surface area contributed by atoms with Gasteiger partial charge in [0.05, 0.1) is 16.6 Å². The Hall–Kier alpha value is -3.26. The van der Waals surface area contributed by atoms with Gasteiger partial charge in [-0.25, -0.2) is 13.2 Å². The summed E-state index contributed by atoms with van der Waals surface area (Å²) in [6, 6.07) is 2.26. The van der Waals surface area contributed by atoms with Crippen LogP contribution in [0.25, 0.3) is 10.9 Å². The summed E-state index contributed by atoms with van der Waals surface area (Å²) >= 11 is 6.30. The Morgan fingerprint density at radius 1 is 1.34 bits per heavy atom. The zero-order valence-corrected chi connectivity index (χ0v) is 21.4. The predicted octanol–water partition coefficient (Wildman–Crippen LogP) is 3.68. The standard InChI is InChI=1S/C26H27ClF3N5O3/c1-12-5-18(28)16-7-19(34-21(16)20(12)27)25(38)35-11-14-8-26(29,30)9-17(14)22(35)24(37)33-15(10-31)6-13-3-2-4-32-23(13)36/h5,7,13-15,17,22,34H,2-4,6,8-9,11H2,1H3,(H,32,36)(H,33,37)/t13-,14-,15+,17-,22+/m1/s1. The largest absolute Gasteiger partial charge is 0.356 e. The average Bonchev–Trinajstić information content (AvgIpc) is 3.53. The number of amides is 3. The summed E-state index contributed by atoms with van der Waals surface area (Å²) in [5.41, 5.74) is 0.684. The molecule has 38 heavy (non-hydrogen) atoms. The first-order valence-corrected chi connectivity index (χ1v) is 13.0. The van der Waals surface area contributed by atoms with E-state index in [1.54, 1.807) is 6.92 Å². The van der Waals surface area contributed by atoms with Gasteiger partial charge in [0.15, 0.2) is 0 Å². The summed E-state index contributed by atoms with van der Waals surface area (Å²) in [5, 5.41) is 15.3. The van der Waals surface area contributed by atoms with Crippen LogP contribution in [0.1, 0.15) is 48.2 Å². The summed E-state index contributed by atoms with van der Waals surface area (Å²) < 4.78 is 43.2. The number of hydrogen-bond donors (Lipinski definition) is 3. The number of hydrogen-bond acceptors (Lipinski definition) is 4. The maximum Gasteiger partial charge on any atom is 0.271 e. The molecule has 0 spiro atoms. The third-order valence-electron chi connectivity index (χ3n) is 8.01. The monoisotopic (exact) mass is 549 g/mol. The predicted molar refractivity (Wildman–Crippen MR) is 132 cm³/mol. The van der Waals surface area contributed by atoms with Gasteiger partial charge in [-0.15, -0.1) is 0 Å². The highest BCUT2D eigenvalue weighted by atomic mass is 35.5. The van der Waals surface area contributed by atoms with Crippen molar-refractivity contribution in [1.29, 1.82) is 5.26 Å². The van der Waals surface area contributed by atoms with E-state index in [2.05, 4.69) is 15.6 Å². The summed E-state index contributed by atoms with van der Waals surface area (Å²) in [5.74, 6) is -6.97. The molecule has 3 aliphatic rings. The smallest absolute Gasteiger partial charge is 0.271 e. The average molecular weight is 550 g/mol. The Bertz CT molecular complexity index is 1360. The zero-order valence-electron chi connectivity index (χ0n) is 20.6. The van der Waals surface area contributed by atoms with E-state index in [0.29, 0.717) is 18.5 Å². The Labute approximate surface area is 221 Å². The van der Waals surface area contributed by atoms with Crippen molar-refractivity contribution in [2.24, 2.45) is 17.8 Å². The number of carbonyl (C=O) groups is 3. The summed E-state index contributed by atoms with van der Waals surface area (Å²) in [4.78, 5) is 43.3. The topological polar surface area (TPSA) is 118 Å². The second kappa shape index (κ2) is 9.80. The maximum atomic E-state index is 14.6. The Kier molecular flexibility index (Phi) is 6.80. The number of aryl methyl sites for hydroxylation is 1. The molecule has 5 atom stereocenters. The molecule has 2 aliphatic heterocycles. The molecule has 0 bridgehead atoms. The Balaban J connectivity index is 1.41. The van der Waals surface area contributed by atoms with Gasteiger partial charge in [-0.3, -0.25) is 14.4 Å². The lowest BCUT2D eigenvalue weighted by atomic mass is 9.90. The molecular weight excluding hydrogens is 523 g/mol. The number of alkyl halides is 2. The quantitative estimate of drug-likeness (QED) is 0.527. The van der Waals surface area contributed by atoms with Crippen LogP contribution in [0.4, 0.5) is 13.2 Å². The molecule has 2 aromatic rings. The van der Waals surface area contributed by atoms with Gasteiger partial charge in [-0.2, -0.15) is 5.26 Å². The van der Waals surface area contributed by atoms with Gasteiger partial charge in [0.25, 0.3) is 5.91 Å². The van der Waals surface area contributed by atoms with Crippen LogP contribution in [0.3, 0.4) is 0 Å². The number of piperidine rings is 1. The molecule has 1 saturated carbocycles. The minimum atomic E-state index is -2.97. The minimum Gasteiger partial charge on any atom is -0.356 e. The maximum absolute atomic E-state index is 14.6. The SMILES string of the molecule is Cc1cc(F)c2cc(C(=O)N3C[C@H]4CC(F)(F)C[C@H]4[C@H]3C(=O)N[C@H](C#N)C[C@H]3CCCNC3=O)[nH]c2c1Cl. The van der Waals surface area contributed by atoms with Crippen LogP contribution in [-0.2, 0) is 9.59 Å². The minimum absolute atomic E-state index is 0.0216. The second-order valence-corrected chi connectivity index (χ2v) is 11.0. The van der Waals surface area contributed by atoms with Crippen molar-refractivity contribution < 1.29 is 27.6 Å². The van der Waals surface area contributed by atoms with Crippen LogP contribution in [-0.4, -0.2) is 58.7 Å². The number of halogens is 4. The van der Waals surface area contributed by atoms with Gasteiger partial charge < -0.3 is 20.5 Å². The molecule has 1 aromatic carbocycles. The number of nitriles is 1. The fourth-order valence-electron chi connectivity index (χ4n) is 6.20. The van der Waals surface area contributed by atoms with Crippen molar-refractivity contribution in [1.82, 2.24) is 20.5 Å². The zero-order chi connectivity index (χ0) is 27.4. The van der Waals surface area contributed by atoms with E-state index in [9.17, 15) is 32.8 Å². The Morgan fingerprint density at radius 3 is 2.82 bits per heavy atom. The van der Waals surface area contributed by atoms with Crippen molar-refractivity contribution in [3.63, 3.8) is 0 Å². The van der Waals surface area contributed by atoms with Crippen molar-refractivity contribution in [2.75, 3.05) is 13.1 Å². The molecule has 1 aliphatic carbocycles. The number of rotatable bonds is 5. The highest BCUT2D eigenvalue weighted by Crippen LogP contribution is 2.50. The highest BCUT2D eigenvalue weighted by Gasteiger charge is 2.58. The number of fused-ring (bicyclic) bond motifs is 2. The molecule has 0 unspecified atom stereocenters. The number of likely N-dealkylation sites (tertiary alicyclic amines) is 1. The first-order chi connectivity index (χ1) is 18.0. The molecule has 3 heterocycles. The lowest BCUT2D eigenvalue weighted by Gasteiger charge is -2.29. The number of benzene rings is 1. The third kappa shape index (κ3) is 4.70. The number of aromatic amines is 1. The molecule has 1 aromatic heterocycles. The van der Waals surface area contributed by atoms with E-state index in [-0.39, 0.29) is 40.5 Å². The number of H-pyrrole nitrogens is 1. The molecule has 5 rings (SSSR count). The number of carbonyl (C=O) groups excluding carboxylic acids is 3. The molecule has 12 heteroatoms. The van der Waals surface area contributed by atoms with Gasteiger partial charge in [0.1, 0.15) is 23.6 Å². The fourth-order valence-corrected chi connectivity index (χ4v) is 6.41. The number of aromatic nitrogens is 1. The van der Waals surface area contributed by atoms with Crippen molar-refractivity contribution in [3.8, 4) is 6.07 Å². The normalized spacial score (nSPS) is 27.1. The van der Waals surface area contributed by atoms with Gasteiger partial charge >= 0.3 is 0 Å². The molecular formula is C26H27ClF3N5O3. The van der Waals surface area contributed by atoms with Crippen LogP contribution in [0.2, 0.25) is 5.02 Å². The van der Waals surface area contributed by atoms with Gasteiger partial charge in [0.2, 0.25) is 17.7 Å². The van der Waals surface area contributed by atoms with E-state index < -0.39 is 66.2 Å². The summed E-state index contributed by atoms with van der Waals surface area (Å²) in [6.07, 6.45) is 0.387. The molecule has 3 N–H and O–H groups in total. The van der Waals surface area contributed by atoms with Crippen molar-refractivity contribution >= 4 is 40.2 Å². The lowest BCUT2D eigenvalue weighted by Crippen LogP contribution is -2.52. The molecule has 3 fully saturated rings. The fraction of sp³-hybridized carbons (Fsp3) is 0.538. The molecule has 2 saturated heterocycles. The molecule has 8 nitrogen and oxygen atoms in total. The highest BCUT2D eigenvalue weighted by molar-refractivity contribution is 6.36. The van der Waals surface area contributed by atoms with E-state index >= 15 is 0 Å². The van der Waals surface area contributed by atoms with E-state index in [1.165, 1.54) is 17.0 Å². The molecule has 0 radical (unpaired) electrons. The van der Waals surface area contributed by atoms with Crippen molar-refractivity contribution in [2.45, 2.75) is 57.0 Å². The first kappa shape index (κ1) is 26.4. The number of nitrogens with one attached hydrogen (secondary N) is 3. The van der Waals surface area contributed by atoms with E-state index in [0.717, 1.165) is 6.42 Å². The number of nitrogens with zero attached hydrogens (tertiary/aromatic N) is 2. The molecule has 202 valence electrons. The van der Waals surface area contributed by atoms with Crippen molar-refractivity contribution in [3.05, 3.63) is 34.2 Å².